The van der Waals surface area contributed by atoms with Crippen LogP contribution in [0.3, 0.4) is 0 Å². The van der Waals surface area contributed by atoms with Crippen molar-refractivity contribution in [1.82, 2.24) is 29.5 Å². The first-order valence-corrected chi connectivity index (χ1v) is 22.3. The fourth-order valence-corrected chi connectivity index (χ4v) is 10.8. The third-order valence-electron chi connectivity index (χ3n) is 9.79. The lowest BCUT2D eigenvalue weighted by atomic mass is 10.1. The van der Waals surface area contributed by atoms with Crippen LogP contribution in [0.5, 0.6) is 0 Å². The van der Waals surface area contributed by atoms with Gasteiger partial charge in [0.25, 0.3) is 5.56 Å². The van der Waals surface area contributed by atoms with E-state index in [0.717, 1.165) is 0 Å². The van der Waals surface area contributed by atoms with Gasteiger partial charge < -0.3 is 34.5 Å². The first-order chi connectivity index (χ1) is 22.4. The van der Waals surface area contributed by atoms with E-state index in [4.69, 9.17) is 44.8 Å². The first-order valence-electron chi connectivity index (χ1n) is 15.3. The Morgan fingerprint density at radius 2 is 1.96 bits per heavy atom. The van der Waals surface area contributed by atoms with Crippen LogP contribution in [-0.2, 0) is 43.6 Å². The second kappa shape index (κ2) is 11.7. The second-order valence-corrected chi connectivity index (χ2v) is 22.9. The van der Waals surface area contributed by atoms with Gasteiger partial charge in [-0.15, -0.1) is 0 Å². The van der Waals surface area contributed by atoms with Crippen LogP contribution in [0.1, 0.15) is 39.8 Å². The number of nitrogen functional groups attached to an aromatic ring is 1. The van der Waals surface area contributed by atoms with Gasteiger partial charge in [0, 0.05) is 18.2 Å². The molecule has 0 amide bonds. The highest BCUT2D eigenvalue weighted by Crippen LogP contribution is 2.68. The maximum absolute atomic E-state index is 13.8. The molecule has 0 aromatic carbocycles. The molecule has 2 saturated carbocycles. The number of H-pyrrole nitrogens is 1. The highest BCUT2D eigenvalue weighted by Gasteiger charge is 2.83. The number of ether oxygens (including phenoxy) is 1. The van der Waals surface area contributed by atoms with Gasteiger partial charge in [0.2, 0.25) is 5.95 Å². The summed E-state index contributed by atoms with van der Waals surface area (Å²) in [5, 5.41) is 2.96. The SMILES string of the molecule is CC(C)(C)[Si](C)(C)OC12[C@@H]3O[C@@H](n4cnc5c(=O)[nH]c(N)nc54)[C@@H]1OP(=O)(O)OCC1C[C@@H](Nc4ccncn4)C[C@@H]1OP(O)(=S)O[C@@H]32. The fourth-order valence-electron chi connectivity index (χ4n) is 6.45. The lowest BCUT2D eigenvalue weighted by Crippen LogP contribution is -2.51. The second-order valence-electron chi connectivity index (χ2n) is 14.0. The predicted octanol–water partition coefficient (Wildman–Crippen LogP) is 2.56. The molecule has 4 fully saturated rings. The number of nitrogens with one attached hydrogen (secondary N) is 2. The Hall–Kier alpha value is -2.19. The van der Waals surface area contributed by atoms with Crippen LogP contribution in [0.2, 0.25) is 18.1 Å². The Morgan fingerprint density at radius 3 is 2.67 bits per heavy atom. The molecular weight excluding hydrogens is 706 g/mol. The summed E-state index contributed by atoms with van der Waals surface area (Å²) in [6.07, 6.45) is -0.149. The molecule has 0 spiro atoms. The van der Waals surface area contributed by atoms with Gasteiger partial charge in [-0.1, -0.05) is 20.8 Å². The highest BCUT2D eigenvalue weighted by atomic mass is 32.5. The average molecular weight is 745 g/mol. The summed E-state index contributed by atoms with van der Waals surface area (Å²) in [6, 6.07) is 1.52. The first kappa shape index (κ1) is 34.3. The number of anilines is 2. The minimum Gasteiger partial charge on any atom is -0.403 e. The molecule has 22 heteroatoms. The van der Waals surface area contributed by atoms with E-state index in [1.807, 2.05) is 33.9 Å². The molecule has 7 rings (SSSR count). The summed E-state index contributed by atoms with van der Waals surface area (Å²) >= 11 is 5.57. The van der Waals surface area contributed by atoms with Crippen LogP contribution in [0, 0.1) is 5.92 Å². The summed E-state index contributed by atoms with van der Waals surface area (Å²) in [5.41, 5.74) is 3.74. The van der Waals surface area contributed by atoms with E-state index in [-0.39, 0.29) is 34.8 Å². The highest BCUT2D eigenvalue weighted by molar-refractivity contribution is 8.07. The number of aromatic nitrogens is 6. The number of imidazole rings is 1. The smallest absolute Gasteiger partial charge is 0.403 e. The van der Waals surface area contributed by atoms with E-state index in [9.17, 15) is 19.1 Å². The molecule has 0 radical (unpaired) electrons. The largest absolute Gasteiger partial charge is 0.472 e. The van der Waals surface area contributed by atoms with Crippen molar-refractivity contribution in [2.24, 2.45) is 5.92 Å². The molecule has 3 aromatic rings. The molecule has 6 N–H and O–H groups in total. The number of phosphoric ester groups is 1. The fraction of sp³-hybridized carbons (Fsp3) is 0.654. The molecule has 0 bridgehead atoms. The van der Waals surface area contributed by atoms with Crippen molar-refractivity contribution in [3.8, 4) is 0 Å². The molecule has 3 aromatic heterocycles. The Bertz CT molecular complexity index is 1880. The number of nitrogens with zero attached hydrogens (tertiary/aromatic N) is 5. The molecule has 2 saturated heterocycles. The van der Waals surface area contributed by atoms with E-state index >= 15 is 0 Å². The zero-order valence-corrected chi connectivity index (χ0v) is 30.4. The van der Waals surface area contributed by atoms with E-state index in [2.05, 4.69) is 30.2 Å². The molecule has 2 aliphatic heterocycles. The van der Waals surface area contributed by atoms with Crippen molar-refractivity contribution in [1.29, 1.82) is 0 Å². The van der Waals surface area contributed by atoms with Crippen LogP contribution in [0.4, 0.5) is 11.8 Å². The average Bonchev–Trinajstić information content (AvgIpc) is 3.33. The molecule has 2 aliphatic carbocycles. The third kappa shape index (κ3) is 6.09. The van der Waals surface area contributed by atoms with Crippen LogP contribution in [0.15, 0.2) is 29.7 Å². The van der Waals surface area contributed by atoms with Crippen molar-refractivity contribution in [2.45, 2.75) is 94.0 Å². The number of hydrogen-bond acceptors (Lipinski definition) is 15. The summed E-state index contributed by atoms with van der Waals surface area (Å²) in [4.78, 5) is 54.3. The van der Waals surface area contributed by atoms with Crippen molar-refractivity contribution < 1.29 is 41.6 Å². The molecule has 4 unspecified atom stereocenters. The van der Waals surface area contributed by atoms with Crippen molar-refractivity contribution >= 4 is 57.6 Å². The van der Waals surface area contributed by atoms with Crippen LogP contribution in [0.25, 0.3) is 11.2 Å². The maximum atomic E-state index is 13.8. The number of hydrogen-bond donors (Lipinski definition) is 5. The van der Waals surface area contributed by atoms with Gasteiger partial charge in [0.15, 0.2) is 25.7 Å². The topological polar surface area (TPSA) is 240 Å². The zero-order chi connectivity index (χ0) is 34.4. The van der Waals surface area contributed by atoms with Crippen LogP contribution >= 0.6 is 14.5 Å². The lowest BCUT2D eigenvalue weighted by molar-refractivity contribution is -0.0915. The van der Waals surface area contributed by atoms with E-state index in [0.29, 0.717) is 18.7 Å². The number of phosphoric acid groups is 1. The molecule has 10 atom stereocenters. The van der Waals surface area contributed by atoms with Crippen molar-refractivity contribution in [3.05, 3.63) is 35.3 Å². The molecule has 18 nitrogen and oxygen atoms in total. The molecule has 4 aliphatic rings. The molecular formula is C26H38N8O10P2SSi. The molecule has 48 heavy (non-hydrogen) atoms. The number of aromatic amines is 1. The Kier molecular flexibility index (Phi) is 8.34. The normalized spacial score (nSPS) is 38.5. The summed E-state index contributed by atoms with van der Waals surface area (Å²) in [7, 11) is -7.59. The van der Waals surface area contributed by atoms with Gasteiger partial charge in [-0.25, -0.2) is 19.5 Å². The molecule has 5 heterocycles. The Balaban J connectivity index is 1.27. The standard InChI is InChI=1S/C26H38N8O10P2SSi/c1-25(2,3)48(4,5)44-26-18-19(26)43-46(38,47)41-15-9-14(31-16-6-7-28-11-29-16)8-13(15)10-39-45(36,37)42-20(26)23(40-18)34-12-30-17-21(34)32-24(27)33-22(17)35/h6-7,11-15,18-20,23H,8-10H2,1-5H3,(H,36,37)(H,38,47)(H,28,29,31)(H3,27,32,33,35)/t13?,14-,15+,18-,19+,20+,23-,26?,46?/m1/s1. The number of rotatable bonds is 5. The minimum atomic E-state index is -4.85. The van der Waals surface area contributed by atoms with Gasteiger partial charge in [-0.05, 0) is 48.8 Å². The van der Waals surface area contributed by atoms with Crippen molar-refractivity contribution in [3.63, 3.8) is 0 Å². The maximum Gasteiger partial charge on any atom is 0.472 e. The molecule has 262 valence electrons. The lowest BCUT2D eigenvalue weighted by Gasteiger charge is -2.42. The quantitative estimate of drug-likeness (QED) is 0.186. The van der Waals surface area contributed by atoms with Crippen molar-refractivity contribution in [2.75, 3.05) is 17.7 Å². The van der Waals surface area contributed by atoms with Gasteiger partial charge in [-0.3, -0.25) is 27.9 Å². The third-order valence-corrected chi connectivity index (χ3v) is 16.8. The monoisotopic (exact) mass is 744 g/mol. The summed E-state index contributed by atoms with van der Waals surface area (Å²) in [5.74, 6) is -0.0582. The zero-order valence-electron chi connectivity index (χ0n) is 26.7. The number of nitrogens with two attached hydrogens (primary N) is 1. The van der Waals surface area contributed by atoms with E-state index < -0.39 is 70.6 Å². The van der Waals surface area contributed by atoms with Gasteiger partial charge >= 0.3 is 14.5 Å². The van der Waals surface area contributed by atoms with Gasteiger partial charge in [0.1, 0.15) is 36.1 Å². The Labute approximate surface area is 281 Å². The van der Waals surface area contributed by atoms with Gasteiger partial charge in [-0.2, -0.15) is 4.98 Å². The van der Waals surface area contributed by atoms with Gasteiger partial charge in [0.05, 0.1) is 19.0 Å². The number of fused-ring (bicyclic) bond motifs is 3. The Morgan fingerprint density at radius 1 is 1.19 bits per heavy atom. The summed E-state index contributed by atoms with van der Waals surface area (Å²) in [6.45, 7) is 5.82. The summed E-state index contributed by atoms with van der Waals surface area (Å²) < 4.78 is 52.5. The van der Waals surface area contributed by atoms with E-state index in [1.54, 1.807) is 12.3 Å². The minimum absolute atomic E-state index is 0.0335. The van der Waals surface area contributed by atoms with Crippen LogP contribution in [-0.4, -0.2) is 90.3 Å². The predicted molar refractivity (Wildman–Crippen MR) is 177 cm³/mol. The van der Waals surface area contributed by atoms with E-state index in [1.165, 1.54) is 17.2 Å². The van der Waals surface area contributed by atoms with Crippen LogP contribution < -0.4 is 16.6 Å².